The minimum absolute atomic E-state index is 0.0483. The van der Waals surface area contributed by atoms with Crippen LogP contribution in [-0.2, 0) is 16.0 Å². The summed E-state index contributed by atoms with van der Waals surface area (Å²) in [6.45, 7) is 2.26. The lowest BCUT2D eigenvalue weighted by Crippen LogP contribution is -2.42. The minimum atomic E-state index is 0.0483. The number of carbonyl (C=O) groups excluding carboxylic acids is 1. The lowest BCUT2D eigenvalue weighted by molar-refractivity contribution is -0.125. The maximum absolute atomic E-state index is 11.8. The Morgan fingerprint density at radius 2 is 2.29 bits per heavy atom. The maximum Gasteiger partial charge on any atom is 0.253 e. The fourth-order valence-corrected chi connectivity index (χ4v) is 2.35. The highest BCUT2D eigenvalue weighted by Crippen LogP contribution is 2.26. The Kier molecular flexibility index (Phi) is 2.65. The van der Waals surface area contributed by atoms with Crippen LogP contribution in [0.4, 0.5) is 5.69 Å². The van der Waals surface area contributed by atoms with Gasteiger partial charge >= 0.3 is 0 Å². The van der Waals surface area contributed by atoms with Crippen molar-refractivity contribution in [3.8, 4) is 0 Å². The van der Waals surface area contributed by atoms with E-state index in [1.165, 1.54) is 5.56 Å². The molecule has 0 atom stereocenters. The van der Waals surface area contributed by atoms with Gasteiger partial charge in [-0.05, 0) is 23.6 Å². The molecule has 1 aromatic rings. The van der Waals surface area contributed by atoms with E-state index >= 15 is 0 Å². The molecule has 0 saturated carbocycles. The van der Waals surface area contributed by atoms with Crippen LogP contribution in [0.15, 0.2) is 23.2 Å². The molecule has 1 amide bonds. The summed E-state index contributed by atoms with van der Waals surface area (Å²) < 4.78 is 5.16. The molecular formula is C13H14N2O2. The first-order chi connectivity index (χ1) is 8.36. The van der Waals surface area contributed by atoms with Crippen molar-refractivity contribution in [2.75, 3.05) is 31.2 Å². The van der Waals surface area contributed by atoms with Crippen LogP contribution >= 0.6 is 0 Å². The Bertz CT molecular complexity index is 482. The summed E-state index contributed by atoms with van der Waals surface area (Å²) in [5.41, 5.74) is 3.40. The summed E-state index contributed by atoms with van der Waals surface area (Å²) in [5.74, 6) is 0.0483. The average molecular weight is 230 g/mol. The number of morpholine rings is 1. The van der Waals surface area contributed by atoms with Gasteiger partial charge in [-0.15, -0.1) is 0 Å². The Hall–Kier alpha value is -1.68. The molecule has 1 aromatic carbocycles. The average Bonchev–Trinajstić information content (AvgIpc) is 2.39. The van der Waals surface area contributed by atoms with Gasteiger partial charge in [-0.2, -0.15) is 0 Å². The molecule has 0 aliphatic carbocycles. The predicted molar refractivity (Wildman–Crippen MR) is 65.8 cm³/mol. The van der Waals surface area contributed by atoms with E-state index < -0.39 is 0 Å². The van der Waals surface area contributed by atoms with Crippen LogP contribution in [0.5, 0.6) is 0 Å². The number of ether oxygens (including phenoxy) is 1. The van der Waals surface area contributed by atoms with Gasteiger partial charge in [0.2, 0.25) is 0 Å². The van der Waals surface area contributed by atoms with E-state index in [4.69, 9.17) is 4.74 Å². The largest absolute Gasteiger partial charge is 0.370 e. The molecule has 4 nitrogen and oxygen atoms in total. The number of benzene rings is 1. The standard InChI is InChI=1S/C13H14N2O2/c16-13-9-17-7-6-15(13)12-3-1-2-10-8-14-5-4-11(10)12/h1-3,8H,4-7,9H2. The van der Waals surface area contributed by atoms with E-state index in [1.807, 2.05) is 29.3 Å². The summed E-state index contributed by atoms with van der Waals surface area (Å²) in [6, 6.07) is 6.04. The van der Waals surface area contributed by atoms with Gasteiger partial charge < -0.3 is 9.64 Å². The highest BCUT2D eigenvalue weighted by Gasteiger charge is 2.23. The minimum Gasteiger partial charge on any atom is -0.370 e. The second-order valence-electron chi connectivity index (χ2n) is 4.23. The Morgan fingerprint density at radius 3 is 3.18 bits per heavy atom. The summed E-state index contributed by atoms with van der Waals surface area (Å²) >= 11 is 0. The summed E-state index contributed by atoms with van der Waals surface area (Å²) in [5, 5.41) is 0. The van der Waals surface area contributed by atoms with Gasteiger partial charge in [-0.25, -0.2) is 0 Å². The third-order valence-electron chi connectivity index (χ3n) is 3.19. The third-order valence-corrected chi connectivity index (χ3v) is 3.19. The van der Waals surface area contributed by atoms with Crippen molar-refractivity contribution < 1.29 is 9.53 Å². The van der Waals surface area contributed by atoms with E-state index in [2.05, 4.69) is 4.99 Å². The van der Waals surface area contributed by atoms with Crippen molar-refractivity contribution in [2.45, 2.75) is 6.42 Å². The molecule has 2 aliphatic rings. The topological polar surface area (TPSA) is 41.9 Å². The van der Waals surface area contributed by atoms with Crippen LogP contribution in [0.25, 0.3) is 0 Å². The second-order valence-corrected chi connectivity index (χ2v) is 4.23. The first-order valence-corrected chi connectivity index (χ1v) is 5.86. The highest BCUT2D eigenvalue weighted by molar-refractivity contribution is 5.97. The van der Waals surface area contributed by atoms with Crippen molar-refractivity contribution in [3.63, 3.8) is 0 Å². The third kappa shape index (κ3) is 1.85. The first kappa shape index (κ1) is 10.5. The fourth-order valence-electron chi connectivity index (χ4n) is 2.35. The van der Waals surface area contributed by atoms with Crippen LogP contribution in [0.3, 0.4) is 0 Å². The lowest BCUT2D eigenvalue weighted by Gasteiger charge is -2.29. The van der Waals surface area contributed by atoms with Crippen LogP contribution in [0.1, 0.15) is 11.1 Å². The SMILES string of the molecule is O=C1COCCN1c1cccc2c1CCN=C2. The normalized spacial score (nSPS) is 19.3. The number of amides is 1. The number of fused-ring (bicyclic) bond motifs is 1. The van der Waals surface area contributed by atoms with Crippen molar-refractivity contribution in [1.29, 1.82) is 0 Å². The zero-order valence-electron chi connectivity index (χ0n) is 9.56. The van der Waals surface area contributed by atoms with Gasteiger partial charge in [-0.1, -0.05) is 12.1 Å². The molecule has 1 saturated heterocycles. The second kappa shape index (κ2) is 4.30. The highest BCUT2D eigenvalue weighted by atomic mass is 16.5. The summed E-state index contributed by atoms with van der Waals surface area (Å²) in [7, 11) is 0. The van der Waals surface area contributed by atoms with Gasteiger partial charge in [0.25, 0.3) is 5.91 Å². The fraction of sp³-hybridized carbons (Fsp3) is 0.385. The molecule has 2 heterocycles. The Balaban J connectivity index is 2.02. The zero-order valence-corrected chi connectivity index (χ0v) is 9.56. The molecule has 0 bridgehead atoms. The number of hydrogen-bond acceptors (Lipinski definition) is 3. The van der Waals surface area contributed by atoms with E-state index in [0.717, 1.165) is 24.2 Å². The van der Waals surface area contributed by atoms with Gasteiger partial charge in [-0.3, -0.25) is 9.79 Å². The quantitative estimate of drug-likeness (QED) is 0.723. The van der Waals surface area contributed by atoms with Crippen molar-refractivity contribution in [3.05, 3.63) is 29.3 Å². The number of carbonyl (C=O) groups is 1. The number of rotatable bonds is 1. The van der Waals surface area contributed by atoms with E-state index in [1.54, 1.807) is 0 Å². The molecular weight excluding hydrogens is 216 g/mol. The number of aliphatic imine (C=N–C) groups is 1. The molecule has 0 spiro atoms. The number of anilines is 1. The Morgan fingerprint density at radius 1 is 1.35 bits per heavy atom. The molecule has 88 valence electrons. The molecule has 0 aromatic heterocycles. The van der Waals surface area contributed by atoms with Gasteiger partial charge in [0.05, 0.1) is 6.61 Å². The van der Waals surface area contributed by atoms with Gasteiger partial charge in [0.1, 0.15) is 6.61 Å². The van der Waals surface area contributed by atoms with Crippen LogP contribution < -0.4 is 4.90 Å². The zero-order chi connectivity index (χ0) is 11.7. The van der Waals surface area contributed by atoms with E-state index in [-0.39, 0.29) is 12.5 Å². The monoisotopic (exact) mass is 230 g/mol. The van der Waals surface area contributed by atoms with Crippen LogP contribution in [-0.4, -0.2) is 38.4 Å². The predicted octanol–water partition coefficient (Wildman–Crippen LogP) is 1.02. The van der Waals surface area contributed by atoms with E-state index in [0.29, 0.717) is 13.2 Å². The van der Waals surface area contributed by atoms with Crippen LogP contribution in [0, 0.1) is 0 Å². The number of nitrogens with zero attached hydrogens (tertiary/aromatic N) is 2. The number of hydrogen-bond donors (Lipinski definition) is 0. The molecule has 0 unspecified atom stereocenters. The molecule has 3 rings (SSSR count). The summed E-state index contributed by atoms with van der Waals surface area (Å²) in [4.78, 5) is 18.0. The molecule has 0 radical (unpaired) electrons. The molecule has 17 heavy (non-hydrogen) atoms. The van der Waals surface area contributed by atoms with Crippen LogP contribution in [0.2, 0.25) is 0 Å². The van der Waals surface area contributed by atoms with Crippen molar-refractivity contribution in [1.82, 2.24) is 0 Å². The Labute approximate surface area is 99.9 Å². The van der Waals surface area contributed by atoms with Crippen molar-refractivity contribution >= 4 is 17.8 Å². The molecule has 4 heteroatoms. The summed E-state index contributed by atoms with van der Waals surface area (Å²) in [6.07, 6.45) is 2.81. The molecule has 2 aliphatic heterocycles. The molecule has 1 fully saturated rings. The molecule has 0 N–H and O–H groups in total. The maximum atomic E-state index is 11.8. The van der Waals surface area contributed by atoms with E-state index in [9.17, 15) is 4.79 Å². The first-order valence-electron chi connectivity index (χ1n) is 5.86. The lowest BCUT2D eigenvalue weighted by atomic mass is 10.00. The van der Waals surface area contributed by atoms with Gasteiger partial charge in [0.15, 0.2) is 0 Å². The smallest absolute Gasteiger partial charge is 0.253 e. The van der Waals surface area contributed by atoms with Gasteiger partial charge in [0, 0.05) is 25.0 Å². The van der Waals surface area contributed by atoms with Crippen molar-refractivity contribution in [2.24, 2.45) is 4.99 Å².